The first kappa shape index (κ1) is 24.2. The van der Waals surface area contributed by atoms with Gasteiger partial charge in [0.2, 0.25) is 0 Å². The summed E-state index contributed by atoms with van der Waals surface area (Å²) in [5.41, 5.74) is 5.46. The van der Waals surface area contributed by atoms with Gasteiger partial charge in [-0.3, -0.25) is 9.59 Å². The molecule has 2 N–H and O–H groups in total. The average Bonchev–Trinajstić information content (AvgIpc) is 2.93. The van der Waals surface area contributed by atoms with Crippen LogP contribution >= 0.6 is 0 Å². The van der Waals surface area contributed by atoms with Crippen LogP contribution in [-0.2, 0) is 22.8 Å². The van der Waals surface area contributed by atoms with Crippen LogP contribution in [0.4, 0.5) is 5.69 Å². The van der Waals surface area contributed by atoms with E-state index >= 15 is 0 Å². The summed E-state index contributed by atoms with van der Waals surface area (Å²) < 4.78 is 11.6. The number of hydrazone groups is 1. The Labute approximate surface area is 209 Å². The molecule has 0 saturated heterocycles. The van der Waals surface area contributed by atoms with Crippen LogP contribution in [-0.4, -0.2) is 18.0 Å². The Hall–Kier alpha value is -4.91. The lowest BCUT2D eigenvalue weighted by Crippen LogP contribution is -2.32. The highest BCUT2D eigenvalue weighted by Gasteiger charge is 2.13. The van der Waals surface area contributed by atoms with Crippen molar-refractivity contribution in [1.29, 1.82) is 0 Å². The predicted octanol–water partition coefficient (Wildman–Crippen LogP) is 4.93. The summed E-state index contributed by atoms with van der Waals surface area (Å²) in [6, 6.07) is 33.6. The molecule has 0 aromatic heterocycles. The SMILES string of the molecule is O=C(NN=Cc1ccccc1OCc1ccccc1)C(=O)Nc1ccc(OCc2ccccc2)cc1. The van der Waals surface area contributed by atoms with Gasteiger partial charge in [-0.25, -0.2) is 5.43 Å². The van der Waals surface area contributed by atoms with Crippen LogP contribution in [0.3, 0.4) is 0 Å². The first-order valence-electron chi connectivity index (χ1n) is 11.3. The molecule has 0 unspecified atom stereocenters. The second kappa shape index (κ2) is 12.5. The number of nitrogens with one attached hydrogen (secondary N) is 2. The normalized spacial score (nSPS) is 10.6. The summed E-state index contributed by atoms with van der Waals surface area (Å²) in [4.78, 5) is 24.4. The molecule has 0 atom stereocenters. The fourth-order valence-electron chi connectivity index (χ4n) is 3.23. The molecule has 0 aliphatic rings. The van der Waals surface area contributed by atoms with E-state index in [1.807, 2.05) is 78.9 Å². The number of nitrogens with zero attached hydrogens (tertiary/aromatic N) is 1. The minimum Gasteiger partial charge on any atom is -0.489 e. The van der Waals surface area contributed by atoms with E-state index in [0.29, 0.717) is 36.0 Å². The third-order valence-electron chi connectivity index (χ3n) is 5.09. The molecule has 180 valence electrons. The number of benzene rings is 4. The molecule has 0 bridgehead atoms. The van der Waals surface area contributed by atoms with Crippen molar-refractivity contribution in [3.05, 3.63) is 126 Å². The fourth-order valence-corrected chi connectivity index (χ4v) is 3.23. The second-order valence-corrected chi connectivity index (χ2v) is 7.76. The van der Waals surface area contributed by atoms with E-state index in [9.17, 15) is 9.59 Å². The zero-order chi connectivity index (χ0) is 25.0. The molecular weight excluding hydrogens is 454 g/mol. The summed E-state index contributed by atoms with van der Waals surface area (Å²) in [6.45, 7) is 0.837. The van der Waals surface area contributed by atoms with Crippen LogP contribution in [0.15, 0.2) is 114 Å². The van der Waals surface area contributed by atoms with Crippen molar-refractivity contribution in [3.63, 3.8) is 0 Å². The molecule has 0 spiro atoms. The maximum atomic E-state index is 12.2. The van der Waals surface area contributed by atoms with Crippen molar-refractivity contribution in [2.24, 2.45) is 5.10 Å². The van der Waals surface area contributed by atoms with Crippen molar-refractivity contribution in [2.45, 2.75) is 13.2 Å². The first-order valence-corrected chi connectivity index (χ1v) is 11.3. The van der Waals surface area contributed by atoms with E-state index in [1.54, 1.807) is 30.3 Å². The molecule has 0 heterocycles. The number of hydrogen-bond donors (Lipinski definition) is 2. The first-order chi connectivity index (χ1) is 17.7. The number of carbonyl (C=O) groups is 2. The van der Waals surface area contributed by atoms with Gasteiger partial charge in [-0.05, 0) is 47.5 Å². The van der Waals surface area contributed by atoms with Gasteiger partial charge >= 0.3 is 11.8 Å². The lowest BCUT2D eigenvalue weighted by molar-refractivity contribution is -0.136. The largest absolute Gasteiger partial charge is 0.489 e. The molecule has 36 heavy (non-hydrogen) atoms. The monoisotopic (exact) mass is 479 g/mol. The molecule has 0 saturated carbocycles. The number of para-hydroxylation sites is 1. The number of anilines is 1. The maximum Gasteiger partial charge on any atom is 0.329 e. The van der Waals surface area contributed by atoms with Crippen LogP contribution in [0.5, 0.6) is 11.5 Å². The number of ether oxygens (including phenoxy) is 2. The van der Waals surface area contributed by atoms with Crippen molar-refractivity contribution in [2.75, 3.05) is 5.32 Å². The molecular formula is C29H25N3O4. The Morgan fingerprint density at radius 1 is 0.667 bits per heavy atom. The number of carbonyl (C=O) groups excluding carboxylic acids is 2. The highest BCUT2D eigenvalue weighted by atomic mass is 16.5. The number of hydrogen-bond acceptors (Lipinski definition) is 5. The van der Waals surface area contributed by atoms with Gasteiger partial charge in [0.1, 0.15) is 24.7 Å². The number of amides is 2. The van der Waals surface area contributed by atoms with Gasteiger partial charge in [0.25, 0.3) is 0 Å². The average molecular weight is 480 g/mol. The molecule has 4 rings (SSSR count). The molecule has 0 fully saturated rings. The van der Waals surface area contributed by atoms with Crippen molar-refractivity contribution in [1.82, 2.24) is 5.43 Å². The van der Waals surface area contributed by atoms with E-state index in [2.05, 4.69) is 15.8 Å². The maximum absolute atomic E-state index is 12.2. The van der Waals surface area contributed by atoms with Crippen molar-refractivity contribution >= 4 is 23.7 Å². The molecule has 7 heteroatoms. The Morgan fingerprint density at radius 2 is 1.25 bits per heavy atom. The zero-order valence-electron chi connectivity index (χ0n) is 19.5. The lowest BCUT2D eigenvalue weighted by atomic mass is 10.2. The van der Waals surface area contributed by atoms with Gasteiger partial charge in [0, 0.05) is 11.3 Å². The van der Waals surface area contributed by atoms with Gasteiger partial charge < -0.3 is 14.8 Å². The second-order valence-electron chi connectivity index (χ2n) is 7.76. The van der Waals surface area contributed by atoms with E-state index in [0.717, 1.165) is 11.1 Å². The third kappa shape index (κ3) is 7.30. The van der Waals surface area contributed by atoms with Crippen LogP contribution in [0, 0.1) is 0 Å². The summed E-state index contributed by atoms with van der Waals surface area (Å²) in [5.74, 6) is -0.463. The summed E-state index contributed by atoms with van der Waals surface area (Å²) >= 11 is 0. The Bertz CT molecular complexity index is 1310. The molecule has 0 radical (unpaired) electrons. The highest BCUT2D eigenvalue weighted by molar-refractivity contribution is 6.39. The highest BCUT2D eigenvalue weighted by Crippen LogP contribution is 2.18. The summed E-state index contributed by atoms with van der Waals surface area (Å²) in [5, 5.41) is 6.44. The van der Waals surface area contributed by atoms with Crippen molar-refractivity contribution < 1.29 is 19.1 Å². The minimum atomic E-state index is -0.890. The van der Waals surface area contributed by atoms with Gasteiger partial charge in [-0.2, -0.15) is 5.10 Å². The van der Waals surface area contributed by atoms with Gasteiger partial charge in [-0.15, -0.1) is 0 Å². The zero-order valence-corrected chi connectivity index (χ0v) is 19.5. The van der Waals surface area contributed by atoms with Crippen molar-refractivity contribution in [3.8, 4) is 11.5 Å². The van der Waals surface area contributed by atoms with Crippen LogP contribution in [0.25, 0.3) is 0 Å². The Morgan fingerprint density at radius 3 is 1.92 bits per heavy atom. The van der Waals surface area contributed by atoms with Crippen LogP contribution < -0.4 is 20.2 Å². The van der Waals surface area contributed by atoms with E-state index in [4.69, 9.17) is 9.47 Å². The molecule has 4 aromatic carbocycles. The minimum absolute atomic E-state index is 0.399. The fraction of sp³-hybridized carbons (Fsp3) is 0.0690. The predicted molar refractivity (Wildman–Crippen MR) is 139 cm³/mol. The molecule has 7 nitrogen and oxygen atoms in total. The lowest BCUT2D eigenvalue weighted by Gasteiger charge is -2.09. The Kier molecular flexibility index (Phi) is 8.43. The molecule has 4 aromatic rings. The molecule has 0 aliphatic carbocycles. The quantitative estimate of drug-likeness (QED) is 0.202. The standard InChI is InChI=1S/C29H25N3O4/c33-28(31-25-15-17-26(18-16-25)35-20-22-9-3-1-4-10-22)29(34)32-30-19-24-13-7-8-14-27(24)36-21-23-11-5-2-6-12-23/h1-19H,20-21H2,(H,31,33)(H,32,34). The van der Waals surface area contributed by atoms with E-state index in [-0.39, 0.29) is 0 Å². The van der Waals surface area contributed by atoms with Gasteiger partial charge in [0.05, 0.1) is 6.21 Å². The van der Waals surface area contributed by atoms with Crippen LogP contribution in [0.1, 0.15) is 16.7 Å². The van der Waals surface area contributed by atoms with E-state index < -0.39 is 11.8 Å². The van der Waals surface area contributed by atoms with Crippen LogP contribution in [0.2, 0.25) is 0 Å². The summed E-state index contributed by atoms with van der Waals surface area (Å²) in [7, 11) is 0. The smallest absolute Gasteiger partial charge is 0.329 e. The molecule has 0 aliphatic heterocycles. The van der Waals surface area contributed by atoms with Gasteiger partial charge in [-0.1, -0.05) is 72.8 Å². The summed E-state index contributed by atoms with van der Waals surface area (Å²) in [6.07, 6.45) is 1.43. The molecule has 2 amide bonds. The topological polar surface area (TPSA) is 89.0 Å². The van der Waals surface area contributed by atoms with E-state index in [1.165, 1.54) is 6.21 Å². The third-order valence-corrected chi connectivity index (χ3v) is 5.09. The Balaban J connectivity index is 1.26. The number of rotatable bonds is 9. The van der Waals surface area contributed by atoms with Gasteiger partial charge in [0.15, 0.2) is 0 Å².